The van der Waals surface area contributed by atoms with E-state index in [-0.39, 0.29) is 17.3 Å². The molecule has 0 bridgehead atoms. The van der Waals surface area contributed by atoms with Crippen molar-refractivity contribution >= 4 is 55.8 Å². The van der Waals surface area contributed by atoms with Crippen LogP contribution in [0.15, 0.2) is 27.0 Å². The topological polar surface area (TPSA) is 66.9 Å². The molecular formula is C12H12BrFN4OS2. The van der Waals surface area contributed by atoms with Crippen LogP contribution in [0, 0.1) is 5.82 Å². The van der Waals surface area contributed by atoms with E-state index < -0.39 is 5.82 Å². The molecule has 0 saturated carbocycles. The molecule has 0 spiro atoms. The minimum absolute atomic E-state index is 0.149. The van der Waals surface area contributed by atoms with Gasteiger partial charge in [0.05, 0.1) is 11.4 Å². The smallest absolute Gasteiger partial charge is 0.234 e. The molecule has 0 saturated heterocycles. The third-order valence-electron chi connectivity index (χ3n) is 2.27. The van der Waals surface area contributed by atoms with Gasteiger partial charge in [-0.2, -0.15) is 0 Å². The normalized spacial score (nSPS) is 10.4. The highest BCUT2D eigenvalue weighted by atomic mass is 79.9. The first kappa shape index (κ1) is 16.2. The number of thioether (sulfide) groups is 1. The van der Waals surface area contributed by atoms with Crippen LogP contribution in [0.4, 0.5) is 15.2 Å². The maximum Gasteiger partial charge on any atom is 0.234 e. The van der Waals surface area contributed by atoms with Crippen molar-refractivity contribution < 1.29 is 9.18 Å². The Balaban J connectivity index is 1.86. The zero-order valence-corrected chi connectivity index (χ0v) is 14.2. The molecule has 2 rings (SSSR count). The standard InChI is InChI=1S/C12H12BrFN4OS2/c1-2-15-11-17-18-12(21-11)20-6-10(19)16-9-4-3-7(13)5-8(9)14/h3-5H,2,6H2,1H3,(H,15,17)(H,16,19). The van der Waals surface area contributed by atoms with Crippen molar-refractivity contribution in [3.63, 3.8) is 0 Å². The molecule has 0 radical (unpaired) electrons. The van der Waals surface area contributed by atoms with Crippen molar-refractivity contribution in [2.45, 2.75) is 11.3 Å². The summed E-state index contributed by atoms with van der Waals surface area (Å²) >= 11 is 5.81. The van der Waals surface area contributed by atoms with E-state index in [4.69, 9.17) is 0 Å². The zero-order valence-electron chi connectivity index (χ0n) is 11.0. The number of halogens is 2. The minimum Gasteiger partial charge on any atom is -0.360 e. The average molecular weight is 391 g/mol. The third-order valence-corrected chi connectivity index (χ3v) is 4.77. The van der Waals surface area contributed by atoms with Gasteiger partial charge in [-0.25, -0.2) is 4.39 Å². The quantitative estimate of drug-likeness (QED) is 0.737. The van der Waals surface area contributed by atoms with E-state index in [1.165, 1.54) is 35.2 Å². The number of aromatic nitrogens is 2. The van der Waals surface area contributed by atoms with Crippen molar-refractivity contribution in [2.75, 3.05) is 22.9 Å². The van der Waals surface area contributed by atoms with Gasteiger partial charge in [-0.1, -0.05) is 39.0 Å². The number of carbonyl (C=O) groups is 1. The molecule has 0 fully saturated rings. The van der Waals surface area contributed by atoms with E-state index >= 15 is 0 Å². The van der Waals surface area contributed by atoms with Crippen molar-refractivity contribution in [3.8, 4) is 0 Å². The van der Waals surface area contributed by atoms with Gasteiger partial charge in [0.1, 0.15) is 5.82 Å². The Morgan fingerprint density at radius 1 is 1.48 bits per heavy atom. The number of amides is 1. The van der Waals surface area contributed by atoms with Crippen molar-refractivity contribution in [1.29, 1.82) is 0 Å². The highest BCUT2D eigenvalue weighted by Crippen LogP contribution is 2.25. The van der Waals surface area contributed by atoms with Crippen LogP contribution in [-0.4, -0.2) is 28.4 Å². The number of nitrogens with zero attached hydrogens (tertiary/aromatic N) is 2. The molecule has 0 aliphatic heterocycles. The summed E-state index contributed by atoms with van der Waals surface area (Å²) < 4.78 is 14.9. The van der Waals surface area contributed by atoms with Crippen molar-refractivity contribution in [3.05, 3.63) is 28.5 Å². The van der Waals surface area contributed by atoms with Gasteiger partial charge in [0, 0.05) is 11.0 Å². The molecule has 2 aromatic rings. The van der Waals surface area contributed by atoms with Crippen LogP contribution in [0.2, 0.25) is 0 Å². The van der Waals surface area contributed by atoms with Crippen LogP contribution >= 0.6 is 39.0 Å². The lowest BCUT2D eigenvalue weighted by Gasteiger charge is -2.05. The van der Waals surface area contributed by atoms with Crippen LogP contribution < -0.4 is 10.6 Å². The summed E-state index contributed by atoms with van der Waals surface area (Å²) in [6.07, 6.45) is 0. The molecule has 1 aromatic carbocycles. The molecule has 0 aliphatic rings. The Bertz CT molecular complexity index is 637. The van der Waals surface area contributed by atoms with E-state index in [2.05, 4.69) is 36.8 Å². The first-order valence-corrected chi connectivity index (χ1v) is 8.63. The summed E-state index contributed by atoms with van der Waals surface area (Å²) in [5.74, 6) is -0.620. The first-order chi connectivity index (χ1) is 10.1. The average Bonchev–Trinajstić information content (AvgIpc) is 2.88. The van der Waals surface area contributed by atoms with Gasteiger partial charge in [0.25, 0.3) is 0 Å². The highest BCUT2D eigenvalue weighted by molar-refractivity contribution is 9.10. The van der Waals surface area contributed by atoms with E-state index in [9.17, 15) is 9.18 Å². The number of benzene rings is 1. The lowest BCUT2D eigenvalue weighted by Crippen LogP contribution is -2.14. The molecule has 5 nitrogen and oxygen atoms in total. The van der Waals surface area contributed by atoms with Gasteiger partial charge < -0.3 is 10.6 Å². The number of nitrogens with one attached hydrogen (secondary N) is 2. The Hall–Kier alpha value is -1.19. The first-order valence-electron chi connectivity index (χ1n) is 6.03. The van der Waals surface area contributed by atoms with Crippen LogP contribution in [0.3, 0.4) is 0 Å². The highest BCUT2D eigenvalue weighted by Gasteiger charge is 2.10. The minimum atomic E-state index is -0.479. The number of hydrogen-bond acceptors (Lipinski definition) is 6. The maximum absolute atomic E-state index is 13.6. The van der Waals surface area contributed by atoms with Crippen LogP contribution in [-0.2, 0) is 4.79 Å². The number of anilines is 2. The van der Waals surface area contributed by atoms with Gasteiger partial charge in [-0.15, -0.1) is 10.2 Å². The molecule has 0 unspecified atom stereocenters. The molecular weight excluding hydrogens is 379 g/mol. The summed E-state index contributed by atoms with van der Waals surface area (Å²) in [6.45, 7) is 2.73. The van der Waals surface area contributed by atoms with Crippen LogP contribution in [0.5, 0.6) is 0 Å². The largest absolute Gasteiger partial charge is 0.360 e. The molecule has 21 heavy (non-hydrogen) atoms. The summed E-state index contributed by atoms with van der Waals surface area (Å²) in [7, 11) is 0. The van der Waals surface area contributed by atoms with Crippen LogP contribution in [0.1, 0.15) is 6.92 Å². The molecule has 1 amide bonds. The van der Waals surface area contributed by atoms with E-state index in [1.54, 1.807) is 6.07 Å². The summed E-state index contributed by atoms with van der Waals surface area (Å²) in [5, 5.41) is 14.2. The van der Waals surface area contributed by atoms with E-state index in [0.717, 1.165) is 11.7 Å². The molecule has 0 aliphatic carbocycles. The van der Waals surface area contributed by atoms with Gasteiger partial charge in [0.15, 0.2) is 4.34 Å². The zero-order chi connectivity index (χ0) is 15.2. The van der Waals surface area contributed by atoms with Crippen LogP contribution in [0.25, 0.3) is 0 Å². The molecule has 0 atom stereocenters. The molecule has 112 valence electrons. The lowest BCUT2D eigenvalue weighted by atomic mass is 10.3. The third kappa shape index (κ3) is 4.94. The Kier molecular flexibility index (Phi) is 5.95. The second-order valence-corrected chi connectivity index (χ2v) is 6.98. The maximum atomic E-state index is 13.6. The fourth-order valence-electron chi connectivity index (χ4n) is 1.40. The fraction of sp³-hybridized carbons (Fsp3) is 0.250. The summed E-state index contributed by atoms with van der Waals surface area (Å²) in [6, 6.07) is 4.48. The number of hydrogen-bond donors (Lipinski definition) is 2. The van der Waals surface area contributed by atoms with Gasteiger partial charge in [-0.3, -0.25) is 4.79 Å². The van der Waals surface area contributed by atoms with Gasteiger partial charge >= 0.3 is 0 Å². The monoisotopic (exact) mass is 390 g/mol. The Morgan fingerprint density at radius 3 is 3.00 bits per heavy atom. The lowest BCUT2D eigenvalue weighted by molar-refractivity contribution is -0.113. The fourth-order valence-corrected chi connectivity index (χ4v) is 3.35. The van der Waals surface area contributed by atoms with Gasteiger partial charge in [-0.05, 0) is 25.1 Å². The SMILES string of the molecule is CCNc1nnc(SCC(=O)Nc2ccc(Br)cc2F)s1. The summed E-state index contributed by atoms with van der Waals surface area (Å²) in [5.41, 5.74) is 0.161. The Labute approximate surface area is 137 Å². The molecule has 9 heteroatoms. The van der Waals surface area contributed by atoms with E-state index in [0.29, 0.717) is 8.81 Å². The molecule has 1 aromatic heterocycles. The summed E-state index contributed by atoms with van der Waals surface area (Å²) in [4.78, 5) is 11.8. The second kappa shape index (κ2) is 7.71. The van der Waals surface area contributed by atoms with Crippen molar-refractivity contribution in [1.82, 2.24) is 10.2 Å². The molecule has 2 N–H and O–H groups in total. The predicted octanol–water partition coefficient (Wildman–Crippen LogP) is 3.60. The second-order valence-electron chi connectivity index (χ2n) is 3.86. The predicted molar refractivity (Wildman–Crippen MR) is 87.5 cm³/mol. The van der Waals surface area contributed by atoms with E-state index in [1.807, 2.05) is 6.92 Å². The number of rotatable bonds is 6. The van der Waals surface area contributed by atoms with Crippen molar-refractivity contribution in [2.24, 2.45) is 0 Å². The number of carbonyl (C=O) groups excluding carboxylic acids is 1. The van der Waals surface area contributed by atoms with Gasteiger partial charge in [0.2, 0.25) is 11.0 Å². The molecule has 1 heterocycles. The Morgan fingerprint density at radius 2 is 2.29 bits per heavy atom.